The van der Waals surface area contributed by atoms with Crippen LogP contribution in [0.3, 0.4) is 0 Å². The van der Waals surface area contributed by atoms with Crippen LogP contribution in [0.25, 0.3) is 0 Å². The minimum Gasteiger partial charge on any atom is -0.350 e. The monoisotopic (exact) mass is 406 g/mol. The summed E-state index contributed by atoms with van der Waals surface area (Å²) < 4.78 is 13.6. The van der Waals surface area contributed by atoms with Crippen molar-refractivity contribution in [2.45, 2.75) is 6.54 Å². The molecule has 2 aromatic carbocycles. The van der Waals surface area contributed by atoms with Crippen molar-refractivity contribution >= 4 is 23.4 Å². The number of nitrogens with one attached hydrogen (secondary N) is 3. The molecule has 0 saturated heterocycles. The Hall–Kier alpha value is -4.07. The molecule has 152 valence electrons. The van der Waals surface area contributed by atoms with Crippen LogP contribution in [0, 0.1) is 5.82 Å². The Balaban J connectivity index is 1.49. The second kappa shape index (κ2) is 9.92. The van der Waals surface area contributed by atoms with E-state index in [0.29, 0.717) is 11.3 Å². The van der Waals surface area contributed by atoms with Crippen molar-refractivity contribution in [1.29, 1.82) is 0 Å². The molecule has 8 heteroatoms. The SMILES string of the molecule is O=C(CNC(=O)c1ccccc1F)NCc1cccc(NC(=O)c2ccncc2)c1. The molecule has 0 aliphatic rings. The second-order valence-corrected chi connectivity index (χ2v) is 6.33. The minimum absolute atomic E-state index is 0.122. The van der Waals surface area contributed by atoms with Crippen molar-refractivity contribution in [1.82, 2.24) is 15.6 Å². The quantitative estimate of drug-likeness (QED) is 0.561. The Morgan fingerprint density at radius 1 is 0.867 bits per heavy atom. The van der Waals surface area contributed by atoms with Gasteiger partial charge in [-0.2, -0.15) is 0 Å². The molecular formula is C22H19FN4O3. The number of halogens is 1. The highest BCUT2D eigenvalue weighted by molar-refractivity contribution is 6.04. The zero-order valence-electron chi connectivity index (χ0n) is 15.9. The van der Waals surface area contributed by atoms with Gasteiger partial charge in [-0.15, -0.1) is 0 Å². The molecule has 0 spiro atoms. The summed E-state index contributed by atoms with van der Waals surface area (Å²) in [7, 11) is 0. The van der Waals surface area contributed by atoms with Crippen LogP contribution in [0.5, 0.6) is 0 Å². The summed E-state index contributed by atoms with van der Waals surface area (Å²) in [5.41, 5.74) is 1.70. The number of nitrogens with zero attached hydrogens (tertiary/aromatic N) is 1. The molecular weight excluding hydrogens is 387 g/mol. The van der Waals surface area contributed by atoms with E-state index in [0.717, 1.165) is 5.56 Å². The summed E-state index contributed by atoms with van der Waals surface area (Å²) in [6.45, 7) is -0.0843. The molecule has 0 radical (unpaired) electrons. The molecule has 0 fully saturated rings. The Morgan fingerprint density at radius 3 is 2.40 bits per heavy atom. The van der Waals surface area contributed by atoms with E-state index in [1.54, 1.807) is 42.5 Å². The molecule has 0 atom stereocenters. The standard InChI is InChI=1S/C22H19FN4O3/c23-19-7-2-1-6-18(19)22(30)26-14-20(28)25-13-15-4-3-5-17(12-15)27-21(29)16-8-10-24-11-9-16/h1-12H,13-14H2,(H,25,28)(H,26,30)(H,27,29). The summed E-state index contributed by atoms with van der Waals surface area (Å²) in [4.78, 5) is 40.0. The number of anilines is 1. The first-order chi connectivity index (χ1) is 14.5. The molecule has 3 aromatic rings. The molecule has 0 saturated carbocycles. The number of pyridine rings is 1. The maximum absolute atomic E-state index is 13.6. The number of hydrogen-bond donors (Lipinski definition) is 3. The summed E-state index contributed by atoms with van der Waals surface area (Å²) >= 11 is 0. The van der Waals surface area contributed by atoms with Gasteiger partial charge < -0.3 is 16.0 Å². The number of carbonyl (C=O) groups excluding carboxylic acids is 3. The third kappa shape index (κ3) is 5.71. The van der Waals surface area contributed by atoms with Crippen molar-refractivity contribution < 1.29 is 18.8 Å². The first kappa shape index (κ1) is 20.7. The summed E-state index contributed by atoms with van der Waals surface area (Å²) in [5, 5.41) is 7.82. The lowest BCUT2D eigenvalue weighted by molar-refractivity contribution is -0.120. The fourth-order valence-corrected chi connectivity index (χ4v) is 2.63. The van der Waals surface area contributed by atoms with E-state index in [9.17, 15) is 18.8 Å². The lowest BCUT2D eigenvalue weighted by Crippen LogP contribution is -2.36. The average molecular weight is 406 g/mol. The van der Waals surface area contributed by atoms with Gasteiger partial charge in [-0.05, 0) is 42.0 Å². The number of rotatable bonds is 7. The highest BCUT2D eigenvalue weighted by Crippen LogP contribution is 2.12. The van der Waals surface area contributed by atoms with Gasteiger partial charge in [0.05, 0.1) is 12.1 Å². The number of amides is 3. The summed E-state index contributed by atoms with van der Waals surface area (Å²) in [6.07, 6.45) is 3.07. The van der Waals surface area contributed by atoms with Gasteiger partial charge in [0.2, 0.25) is 5.91 Å². The Labute approximate surface area is 172 Å². The van der Waals surface area contributed by atoms with Crippen molar-refractivity contribution in [2.24, 2.45) is 0 Å². The lowest BCUT2D eigenvalue weighted by atomic mass is 10.2. The molecule has 3 amide bonds. The summed E-state index contributed by atoms with van der Waals surface area (Å²) in [6, 6.07) is 15.8. The fourth-order valence-electron chi connectivity index (χ4n) is 2.63. The fraction of sp³-hybridized carbons (Fsp3) is 0.0909. The maximum atomic E-state index is 13.6. The molecule has 0 aliphatic heterocycles. The number of aromatic nitrogens is 1. The third-order valence-electron chi connectivity index (χ3n) is 4.15. The predicted octanol–water partition coefficient (Wildman–Crippen LogP) is 2.52. The van der Waals surface area contributed by atoms with Crippen LogP contribution in [0.15, 0.2) is 73.1 Å². The van der Waals surface area contributed by atoms with Gasteiger partial charge in [0.15, 0.2) is 0 Å². The van der Waals surface area contributed by atoms with Gasteiger partial charge in [0.1, 0.15) is 5.82 Å². The zero-order valence-corrected chi connectivity index (χ0v) is 15.9. The number of hydrogen-bond acceptors (Lipinski definition) is 4. The topological polar surface area (TPSA) is 100 Å². The highest BCUT2D eigenvalue weighted by atomic mass is 19.1. The van der Waals surface area contributed by atoms with Crippen LogP contribution < -0.4 is 16.0 Å². The normalized spacial score (nSPS) is 10.2. The zero-order chi connectivity index (χ0) is 21.3. The van der Waals surface area contributed by atoms with E-state index in [1.807, 2.05) is 0 Å². The molecule has 1 aromatic heterocycles. The number of benzene rings is 2. The van der Waals surface area contributed by atoms with Crippen LogP contribution in [0.4, 0.5) is 10.1 Å². The molecule has 0 unspecified atom stereocenters. The average Bonchev–Trinajstić information content (AvgIpc) is 2.77. The summed E-state index contributed by atoms with van der Waals surface area (Å²) in [5.74, 6) is -2.01. The molecule has 30 heavy (non-hydrogen) atoms. The maximum Gasteiger partial charge on any atom is 0.255 e. The van der Waals surface area contributed by atoms with E-state index in [1.165, 1.54) is 30.6 Å². The van der Waals surface area contributed by atoms with Crippen LogP contribution >= 0.6 is 0 Å². The van der Waals surface area contributed by atoms with E-state index < -0.39 is 17.6 Å². The van der Waals surface area contributed by atoms with Gasteiger partial charge in [-0.25, -0.2) is 4.39 Å². The molecule has 7 nitrogen and oxygen atoms in total. The van der Waals surface area contributed by atoms with Gasteiger partial charge >= 0.3 is 0 Å². The first-order valence-corrected chi connectivity index (χ1v) is 9.12. The molecule has 0 bridgehead atoms. The smallest absolute Gasteiger partial charge is 0.255 e. The predicted molar refractivity (Wildman–Crippen MR) is 109 cm³/mol. The van der Waals surface area contributed by atoms with Gasteiger partial charge in [-0.1, -0.05) is 24.3 Å². The van der Waals surface area contributed by atoms with Crippen molar-refractivity contribution in [3.63, 3.8) is 0 Å². The molecule has 3 rings (SSSR count). The first-order valence-electron chi connectivity index (χ1n) is 9.12. The minimum atomic E-state index is -0.663. The van der Waals surface area contributed by atoms with Crippen LogP contribution in [-0.4, -0.2) is 29.3 Å². The van der Waals surface area contributed by atoms with Gasteiger partial charge in [0.25, 0.3) is 11.8 Å². The Morgan fingerprint density at radius 2 is 1.63 bits per heavy atom. The van der Waals surface area contributed by atoms with Crippen LogP contribution in [0.2, 0.25) is 0 Å². The molecule has 3 N–H and O–H groups in total. The van der Waals surface area contributed by atoms with Crippen LogP contribution in [0.1, 0.15) is 26.3 Å². The highest BCUT2D eigenvalue weighted by Gasteiger charge is 2.12. The van der Waals surface area contributed by atoms with Crippen molar-refractivity contribution in [2.75, 3.05) is 11.9 Å². The van der Waals surface area contributed by atoms with Crippen LogP contribution in [-0.2, 0) is 11.3 Å². The van der Waals surface area contributed by atoms with E-state index >= 15 is 0 Å². The van der Waals surface area contributed by atoms with E-state index in [4.69, 9.17) is 0 Å². The third-order valence-corrected chi connectivity index (χ3v) is 4.15. The van der Waals surface area contributed by atoms with Crippen molar-refractivity contribution in [3.8, 4) is 0 Å². The largest absolute Gasteiger partial charge is 0.350 e. The molecule has 0 aliphatic carbocycles. The van der Waals surface area contributed by atoms with E-state index in [-0.39, 0.29) is 24.6 Å². The second-order valence-electron chi connectivity index (χ2n) is 6.33. The molecule has 1 heterocycles. The van der Waals surface area contributed by atoms with Gasteiger partial charge in [0, 0.05) is 30.2 Å². The lowest BCUT2D eigenvalue weighted by Gasteiger charge is -2.10. The Kier molecular flexibility index (Phi) is 6.83. The Bertz CT molecular complexity index is 1060. The van der Waals surface area contributed by atoms with E-state index in [2.05, 4.69) is 20.9 Å². The number of carbonyl (C=O) groups is 3. The van der Waals surface area contributed by atoms with Gasteiger partial charge in [-0.3, -0.25) is 19.4 Å². The van der Waals surface area contributed by atoms with Crippen molar-refractivity contribution in [3.05, 3.63) is 95.6 Å².